The van der Waals surface area contributed by atoms with E-state index in [4.69, 9.17) is 0 Å². The zero-order chi connectivity index (χ0) is 21.8. The summed E-state index contributed by atoms with van der Waals surface area (Å²) >= 11 is 0. The Morgan fingerprint density at radius 2 is 1.67 bits per heavy atom. The first-order valence-electron chi connectivity index (χ1n) is 9.97. The number of benzene rings is 2. The molecule has 0 spiro atoms. The molecule has 0 radical (unpaired) electrons. The van der Waals surface area contributed by atoms with Gasteiger partial charge in [0.15, 0.2) is 0 Å². The van der Waals surface area contributed by atoms with E-state index in [-0.39, 0.29) is 12.2 Å². The highest BCUT2D eigenvalue weighted by Crippen LogP contribution is 2.15. The molecule has 0 saturated heterocycles. The average Bonchev–Trinajstić information content (AvgIpc) is 2.76. The van der Waals surface area contributed by atoms with Gasteiger partial charge in [-0.25, -0.2) is 4.79 Å². The maximum atomic E-state index is 13.2. The number of carbonyl (C=O) groups is 1. The molecule has 156 valence electrons. The third kappa shape index (κ3) is 4.25. The van der Waals surface area contributed by atoms with Crippen molar-refractivity contribution in [2.45, 2.75) is 33.2 Å². The van der Waals surface area contributed by atoms with Gasteiger partial charge in [0, 0.05) is 13.6 Å². The van der Waals surface area contributed by atoms with Crippen molar-refractivity contribution in [3.05, 3.63) is 92.3 Å². The zero-order valence-corrected chi connectivity index (χ0v) is 17.7. The van der Waals surface area contributed by atoms with Crippen LogP contribution in [0.5, 0.6) is 0 Å². The fraction of sp³-hybridized carbons (Fsp3) is 0.304. The van der Waals surface area contributed by atoms with Crippen LogP contribution >= 0.6 is 0 Å². The molecule has 0 atom stereocenters. The predicted molar refractivity (Wildman–Crippen MR) is 116 cm³/mol. The fourth-order valence-electron chi connectivity index (χ4n) is 3.05. The number of hydrogen-bond donors (Lipinski definition) is 0. The number of rotatable bonds is 6. The van der Waals surface area contributed by atoms with Crippen LogP contribution in [-0.2, 0) is 6.54 Å². The zero-order valence-electron chi connectivity index (χ0n) is 17.7. The topological polar surface area (TPSA) is 77.2 Å². The minimum absolute atomic E-state index is 0.0568. The van der Waals surface area contributed by atoms with Gasteiger partial charge in [-0.2, -0.15) is 9.78 Å². The molecule has 0 fully saturated rings. The van der Waals surface area contributed by atoms with E-state index in [0.717, 1.165) is 20.4 Å². The summed E-state index contributed by atoms with van der Waals surface area (Å²) in [5, 5.41) is 4.17. The van der Waals surface area contributed by atoms with Crippen molar-refractivity contribution in [2.24, 2.45) is 0 Å². The molecule has 3 aromatic rings. The molecule has 0 saturated carbocycles. The van der Waals surface area contributed by atoms with Crippen molar-refractivity contribution >= 4 is 5.91 Å². The first kappa shape index (κ1) is 21.2. The van der Waals surface area contributed by atoms with Crippen LogP contribution in [0, 0.1) is 0 Å². The van der Waals surface area contributed by atoms with Crippen LogP contribution in [0.3, 0.4) is 0 Å². The molecule has 7 heteroatoms. The third-order valence-electron chi connectivity index (χ3n) is 5.07. The van der Waals surface area contributed by atoms with E-state index in [1.54, 1.807) is 26.1 Å². The molecule has 30 heavy (non-hydrogen) atoms. The minimum Gasteiger partial charge on any atom is -0.340 e. The first-order chi connectivity index (χ1) is 14.3. The number of nitrogens with zero attached hydrogens (tertiary/aromatic N) is 4. The highest BCUT2D eigenvalue weighted by atomic mass is 16.2. The summed E-state index contributed by atoms with van der Waals surface area (Å²) in [5.41, 5.74) is 0.849. The number of aromatic nitrogens is 3. The van der Waals surface area contributed by atoms with E-state index in [2.05, 4.69) is 18.9 Å². The van der Waals surface area contributed by atoms with Crippen LogP contribution < -0.4 is 11.2 Å². The Balaban J connectivity index is 2.21. The Bertz CT molecular complexity index is 1150. The summed E-state index contributed by atoms with van der Waals surface area (Å²) in [7, 11) is 1.60. The van der Waals surface area contributed by atoms with Crippen LogP contribution in [0.15, 0.2) is 64.2 Å². The third-order valence-corrected chi connectivity index (χ3v) is 5.07. The van der Waals surface area contributed by atoms with Gasteiger partial charge in [-0.15, -0.1) is 0 Å². The van der Waals surface area contributed by atoms with Gasteiger partial charge in [0.05, 0.1) is 12.2 Å². The van der Waals surface area contributed by atoms with Crippen molar-refractivity contribution in [1.29, 1.82) is 0 Å². The molecule has 1 amide bonds. The van der Waals surface area contributed by atoms with Gasteiger partial charge < -0.3 is 4.90 Å². The SMILES string of the molecule is CCN(C)C(=O)c1nn(-c2ccc(C(C)C)cc2)c(=O)n(Cc2ccccc2)c1=O. The maximum absolute atomic E-state index is 13.2. The summed E-state index contributed by atoms with van der Waals surface area (Å²) in [6, 6.07) is 16.6. The van der Waals surface area contributed by atoms with E-state index in [0.29, 0.717) is 18.2 Å². The standard InChI is InChI=1S/C23H26N4O3/c1-5-25(4)21(28)20-22(29)26(15-17-9-7-6-8-10-17)23(30)27(24-20)19-13-11-18(12-14-19)16(2)3/h6-14,16H,5,15H2,1-4H3. The molecule has 0 N–H and O–H groups in total. The quantitative estimate of drug-likeness (QED) is 0.631. The lowest BCUT2D eigenvalue weighted by Gasteiger charge is -2.16. The number of hydrogen-bond acceptors (Lipinski definition) is 4. The van der Waals surface area contributed by atoms with Crippen LogP contribution in [0.2, 0.25) is 0 Å². The minimum atomic E-state index is -0.691. The highest BCUT2D eigenvalue weighted by Gasteiger charge is 2.22. The van der Waals surface area contributed by atoms with Crippen molar-refractivity contribution < 1.29 is 4.79 Å². The molecule has 1 aromatic heterocycles. The Hall–Kier alpha value is -3.48. The largest absolute Gasteiger partial charge is 0.352 e. The van der Waals surface area contributed by atoms with E-state index in [9.17, 15) is 14.4 Å². The normalized spacial score (nSPS) is 11.0. The molecule has 1 heterocycles. The smallest absolute Gasteiger partial charge is 0.340 e. The van der Waals surface area contributed by atoms with E-state index >= 15 is 0 Å². The fourth-order valence-corrected chi connectivity index (χ4v) is 3.05. The van der Waals surface area contributed by atoms with Crippen LogP contribution in [-0.4, -0.2) is 38.7 Å². The van der Waals surface area contributed by atoms with Crippen molar-refractivity contribution in [2.75, 3.05) is 13.6 Å². The lowest BCUT2D eigenvalue weighted by Crippen LogP contribution is -2.46. The van der Waals surface area contributed by atoms with Crippen LogP contribution in [0.4, 0.5) is 0 Å². The Morgan fingerprint density at radius 3 is 2.23 bits per heavy atom. The molecule has 0 aliphatic heterocycles. The van der Waals surface area contributed by atoms with E-state index in [1.165, 1.54) is 4.90 Å². The molecule has 2 aromatic carbocycles. The molecule has 0 unspecified atom stereocenters. The monoisotopic (exact) mass is 406 g/mol. The summed E-state index contributed by atoms with van der Waals surface area (Å²) in [6.45, 7) is 6.44. The van der Waals surface area contributed by atoms with Crippen LogP contribution in [0.1, 0.15) is 48.3 Å². The summed E-state index contributed by atoms with van der Waals surface area (Å²) in [5.74, 6) is -0.178. The number of amides is 1. The van der Waals surface area contributed by atoms with Gasteiger partial charge in [-0.1, -0.05) is 56.3 Å². The van der Waals surface area contributed by atoms with Crippen LogP contribution in [0.25, 0.3) is 5.69 Å². The lowest BCUT2D eigenvalue weighted by molar-refractivity contribution is 0.0791. The predicted octanol–water partition coefficient (Wildman–Crippen LogP) is 2.66. The second kappa shape index (κ2) is 8.90. The van der Waals surface area contributed by atoms with Crippen molar-refractivity contribution in [3.8, 4) is 5.69 Å². The summed E-state index contributed by atoms with van der Waals surface area (Å²) in [6.07, 6.45) is 0. The molecule has 0 aliphatic rings. The molecule has 7 nitrogen and oxygen atoms in total. The lowest BCUT2D eigenvalue weighted by atomic mass is 10.0. The van der Waals surface area contributed by atoms with Gasteiger partial charge in [0.1, 0.15) is 0 Å². The van der Waals surface area contributed by atoms with Gasteiger partial charge in [0.25, 0.3) is 11.5 Å². The maximum Gasteiger partial charge on any atom is 0.352 e. The second-order valence-electron chi connectivity index (χ2n) is 7.49. The molecule has 3 rings (SSSR count). The Kier molecular flexibility index (Phi) is 6.30. The molecule has 0 bridgehead atoms. The second-order valence-corrected chi connectivity index (χ2v) is 7.49. The Labute approximate surface area is 175 Å². The van der Waals surface area contributed by atoms with Gasteiger partial charge in [-0.3, -0.25) is 14.2 Å². The van der Waals surface area contributed by atoms with Crippen molar-refractivity contribution in [1.82, 2.24) is 19.2 Å². The first-order valence-corrected chi connectivity index (χ1v) is 9.97. The van der Waals surface area contributed by atoms with Crippen molar-refractivity contribution in [3.63, 3.8) is 0 Å². The number of carbonyl (C=O) groups excluding carboxylic acids is 1. The van der Waals surface area contributed by atoms with Gasteiger partial charge in [-0.05, 0) is 36.1 Å². The molecule has 0 aliphatic carbocycles. The van der Waals surface area contributed by atoms with Gasteiger partial charge >= 0.3 is 5.69 Å². The summed E-state index contributed by atoms with van der Waals surface area (Å²) in [4.78, 5) is 40.4. The Morgan fingerprint density at radius 1 is 1.03 bits per heavy atom. The molecular formula is C23H26N4O3. The van der Waals surface area contributed by atoms with E-state index in [1.807, 2.05) is 42.5 Å². The summed E-state index contributed by atoms with van der Waals surface area (Å²) < 4.78 is 2.20. The average molecular weight is 406 g/mol. The van der Waals surface area contributed by atoms with Gasteiger partial charge in [0.2, 0.25) is 5.69 Å². The van der Waals surface area contributed by atoms with E-state index < -0.39 is 17.2 Å². The highest BCUT2D eigenvalue weighted by molar-refractivity contribution is 5.91. The molecular weight excluding hydrogens is 380 g/mol.